The van der Waals surface area contributed by atoms with E-state index in [0.29, 0.717) is 13.0 Å². The molecule has 1 rings (SSSR count). The van der Waals surface area contributed by atoms with E-state index in [9.17, 15) is 9.59 Å². The van der Waals surface area contributed by atoms with Gasteiger partial charge in [0.15, 0.2) is 0 Å². The number of likely N-dealkylation sites (N-methyl/N-ethyl adjacent to an activating group) is 1. The third-order valence-electron chi connectivity index (χ3n) is 2.39. The van der Waals surface area contributed by atoms with Crippen LogP contribution < -0.4 is 5.32 Å². The van der Waals surface area contributed by atoms with E-state index in [1.165, 1.54) is 7.11 Å². The van der Waals surface area contributed by atoms with Crippen molar-refractivity contribution in [2.45, 2.75) is 25.8 Å². The van der Waals surface area contributed by atoms with E-state index in [1.807, 2.05) is 6.92 Å². The standard InChI is InChI=1S/C9H16N2O3/c1-3-11-6-4-5-7(8(11)12)10-9(13)14-2/h7H,3-6H2,1-2H3,(H,10,13)/t7-/m1/s1. The van der Waals surface area contributed by atoms with Gasteiger partial charge < -0.3 is 15.0 Å². The number of hydrogen-bond acceptors (Lipinski definition) is 3. The lowest BCUT2D eigenvalue weighted by Gasteiger charge is -2.31. The summed E-state index contributed by atoms with van der Waals surface area (Å²) in [5, 5.41) is 2.53. The second-order valence-electron chi connectivity index (χ2n) is 3.25. The Labute approximate surface area is 83.4 Å². The van der Waals surface area contributed by atoms with Crippen LogP contribution in [0, 0.1) is 0 Å². The maximum absolute atomic E-state index is 11.7. The van der Waals surface area contributed by atoms with E-state index in [4.69, 9.17) is 0 Å². The first-order valence-electron chi connectivity index (χ1n) is 4.82. The summed E-state index contributed by atoms with van der Waals surface area (Å²) in [6, 6.07) is -0.406. The van der Waals surface area contributed by atoms with Crippen molar-refractivity contribution in [3.05, 3.63) is 0 Å². The molecule has 0 aromatic carbocycles. The largest absolute Gasteiger partial charge is 0.453 e. The molecule has 1 aliphatic heterocycles. The van der Waals surface area contributed by atoms with Crippen LogP contribution in [0.4, 0.5) is 4.79 Å². The van der Waals surface area contributed by atoms with Gasteiger partial charge in [-0.2, -0.15) is 0 Å². The fourth-order valence-electron chi connectivity index (χ4n) is 1.59. The first kappa shape index (κ1) is 10.8. The number of carbonyl (C=O) groups is 2. The van der Waals surface area contributed by atoms with Crippen molar-refractivity contribution >= 4 is 12.0 Å². The molecule has 80 valence electrons. The molecular formula is C9H16N2O3. The minimum Gasteiger partial charge on any atom is -0.453 e. The summed E-state index contributed by atoms with van der Waals surface area (Å²) in [7, 11) is 1.29. The lowest BCUT2D eigenvalue weighted by Crippen LogP contribution is -2.52. The van der Waals surface area contributed by atoms with Crippen LogP contribution in [0.1, 0.15) is 19.8 Å². The molecule has 5 nitrogen and oxygen atoms in total. The van der Waals surface area contributed by atoms with Crippen LogP contribution in [0.5, 0.6) is 0 Å². The van der Waals surface area contributed by atoms with E-state index < -0.39 is 12.1 Å². The van der Waals surface area contributed by atoms with Gasteiger partial charge in [0.1, 0.15) is 6.04 Å². The van der Waals surface area contributed by atoms with Crippen molar-refractivity contribution in [2.24, 2.45) is 0 Å². The van der Waals surface area contributed by atoms with Gasteiger partial charge in [-0.3, -0.25) is 4.79 Å². The normalized spacial score (nSPS) is 22.0. The monoisotopic (exact) mass is 200 g/mol. The molecule has 1 saturated heterocycles. The number of methoxy groups -OCH3 is 1. The summed E-state index contributed by atoms with van der Waals surface area (Å²) in [4.78, 5) is 24.3. The highest BCUT2D eigenvalue weighted by molar-refractivity contribution is 5.86. The number of carbonyl (C=O) groups excluding carboxylic acids is 2. The van der Waals surface area contributed by atoms with Gasteiger partial charge >= 0.3 is 6.09 Å². The zero-order chi connectivity index (χ0) is 10.6. The number of amides is 2. The molecule has 1 fully saturated rings. The minimum absolute atomic E-state index is 0.0100. The summed E-state index contributed by atoms with van der Waals surface area (Å²) in [6.07, 6.45) is 1.08. The maximum atomic E-state index is 11.7. The van der Waals surface area contributed by atoms with Crippen LogP contribution in [-0.2, 0) is 9.53 Å². The van der Waals surface area contributed by atoms with Gasteiger partial charge in [0.25, 0.3) is 0 Å². The van der Waals surface area contributed by atoms with Gasteiger partial charge in [0.05, 0.1) is 7.11 Å². The van der Waals surface area contributed by atoms with Crippen LogP contribution >= 0.6 is 0 Å². The predicted molar refractivity (Wildman–Crippen MR) is 50.8 cm³/mol. The Morgan fingerprint density at radius 3 is 3.00 bits per heavy atom. The first-order chi connectivity index (χ1) is 6.69. The molecule has 2 amide bonds. The van der Waals surface area contributed by atoms with E-state index in [0.717, 1.165) is 13.0 Å². The molecule has 1 N–H and O–H groups in total. The van der Waals surface area contributed by atoms with Gasteiger partial charge in [-0.05, 0) is 19.8 Å². The van der Waals surface area contributed by atoms with Gasteiger partial charge in [-0.1, -0.05) is 0 Å². The highest BCUT2D eigenvalue weighted by atomic mass is 16.5. The molecule has 1 heterocycles. The zero-order valence-corrected chi connectivity index (χ0v) is 8.58. The molecule has 0 saturated carbocycles. The number of hydrogen-bond donors (Lipinski definition) is 1. The molecule has 0 unspecified atom stereocenters. The Morgan fingerprint density at radius 2 is 2.43 bits per heavy atom. The quantitative estimate of drug-likeness (QED) is 0.700. The third kappa shape index (κ3) is 2.37. The Hall–Kier alpha value is -1.26. The Kier molecular flexibility index (Phi) is 3.73. The van der Waals surface area contributed by atoms with E-state index >= 15 is 0 Å². The molecular weight excluding hydrogens is 184 g/mol. The average molecular weight is 200 g/mol. The number of alkyl carbamates (subject to hydrolysis) is 1. The van der Waals surface area contributed by atoms with E-state index in [1.54, 1.807) is 4.90 Å². The zero-order valence-electron chi connectivity index (χ0n) is 8.58. The number of rotatable bonds is 2. The van der Waals surface area contributed by atoms with Crippen molar-refractivity contribution in [1.29, 1.82) is 0 Å². The molecule has 1 aliphatic rings. The Balaban J connectivity index is 2.52. The number of likely N-dealkylation sites (tertiary alicyclic amines) is 1. The van der Waals surface area contributed by atoms with E-state index in [2.05, 4.69) is 10.1 Å². The van der Waals surface area contributed by atoms with Gasteiger partial charge in [-0.25, -0.2) is 4.79 Å². The third-order valence-corrected chi connectivity index (χ3v) is 2.39. The fourth-order valence-corrected chi connectivity index (χ4v) is 1.59. The van der Waals surface area contributed by atoms with Crippen molar-refractivity contribution < 1.29 is 14.3 Å². The average Bonchev–Trinajstić information content (AvgIpc) is 2.21. The molecule has 0 bridgehead atoms. The number of ether oxygens (including phenoxy) is 1. The molecule has 14 heavy (non-hydrogen) atoms. The van der Waals surface area contributed by atoms with Crippen molar-refractivity contribution in [1.82, 2.24) is 10.2 Å². The molecule has 5 heteroatoms. The lowest BCUT2D eigenvalue weighted by molar-refractivity contribution is -0.135. The van der Waals surface area contributed by atoms with Crippen LogP contribution in [-0.4, -0.2) is 43.1 Å². The summed E-state index contributed by atoms with van der Waals surface area (Å²) in [5.41, 5.74) is 0. The van der Waals surface area contributed by atoms with Crippen molar-refractivity contribution in [3.8, 4) is 0 Å². The molecule has 0 radical (unpaired) electrons. The second kappa shape index (κ2) is 4.83. The Morgan fingerprint density at radius 1 is 1.71 bits per heavy atom. The smallest absolute Gasteiger partial charge is 0.407 e. The highest BCUT2D eigenvalue weighted by Crippen LogP contribution is 2.11. The van der Waals surface area contributed by atoms with Gasteiger partial charge in [0, 0.05) is 13.1 Å². The van der Waals surface area contributed by atoms with Crippen LogP contribution in [0.15, 0.2) is 0 Å². The van der Waals surface area contributed by atoms with Crippen LogP contribution in [0.2, 0.25) is 0 Å². The van der Waals surface area contributed by atoms with Crippen LogP contribution in [0.3, 0.4) is 0 Å². The predicted octanol–water partition coefficient (Wildman–Crippen LogP) is 0.353. The van der Waals surface area contributed by atoms with E-state index in [-0.39, 0.29) is 5.91 Å². The maximum Gasteiger partial charge on any atom is 0.407 e. The van der Waals surface area contributed by atoms with Crippen molar-refractivity contribution in [3.63, 3.8) is 0 Å². The van der Waals surface area contributed by atoms with Gasteiger partial charge in [0.2, 0.25) is 5.91 Å². The SMILES string of the molecule is CCN1CCC[C@@H](NC(=O)OC)C1=O. The molecule has 0 aromatic heterocycles. The second-order valence-corrected chi connectivity index (χ2v) is 3.25. The Bertz CT molecular complexity index is 230. The van der Waals surface area contributed by atoms with Crippen molar-refractivity contribution in [2.75, 3.05) is 20.2 Å². The highest BCUT2D eigenvalue weighted by Gasteiger charge is 2.28. The topological polar surface area (TPSA) is 58.6 Å². The number of piperidine rings is 1. The van der Waals surface area contributed by atoms with Gasteiger partial charge in [-0.15, -0.1) is 0 Å². The first-order valence-corrected chi connectivity index (χ1v) is 4.82. The summed E-state index contributed by atoms with van der Waals surface area (Å²) in [6.45, 7) is 3.41. The molecule has 0 aliphatic carbocycles. The number of nitrogens with zero attached hydrogens (tertiary/aromatic N) is 1. The number of nitrogens with one attached hydrogen (secondary N) is 1. The molecule has 0 spiro atoms. The molecule has 0 aromatic rings. The lowest BCUT2D eigenvalue weighted by atomic mass is 10.1. The molecule has 1 atom stereocenters. The summed E-state index contributed by atoms with van der Waals surface area (Å²) < 4.78 is 4.45. The summed E-state index contributed by atoms with van der Waals surface area (Å²) >= 11 is 0. The minimum atomic E-state index is -0.540. The van der Waals surface area contributed by atoms with Crippen LogP contribution in [0.25, 0.3) is 0 Å². The fraction of sp³-hybridized carbons (Fsp3) is 0.778. The summed E-state index contributed by atoms with van der Waals surface area (Å²) in [5.74, 6) is -0.0100.